The zero-order valence-corrected chi connectivity index (χ0v) is 35.0. The molecule has 51 heavy (non-hydrogen) atoms. The summed E-state index contributed by atoms with van der Waals surface area (Å²) in [6.07, 6.45) is 6.66. The van der Waals surface area contributed by atoms with E-state index in [1.54, 1.807) is 11.3 Å². The fraction of sp³-hybridized carbons (Fsp3) is 0.378. The number of allylic oxidation sites excluding steroid dienone is 2. The number of aliphatic hydroxyl groups excluding tert-OH is 1. The van der Waals surface area contributed by atoms with Crippen LogP contribution in [0.2, 0.25) is 0 Å². The number of thiophene rings is 1. The Balaban J connectivity index is 0.000000279. The second-order valence-electron chi connectivity index (χ2n) is 15.1. The molecule has 0 saturated carbocycles. The second kappa shape index (κ2) is 16.0. The topological polar surface area (TPSA) is 63.3 Å². The van der Waals surface area contributed by atoms with Crippen LogP contribution < -0.4 is 0 Å². The predicted molar refractivity (Wildman–Crippen MR) is 213 cm³/mol. The molecule has 0 bridgehead atoms. The summed E-state index contributed by atoms with van der Waals surface area (Å²) in [5, 5.41) is 14.9. The quantitative estimate of drug-likeness (QED) is 0.0893. The van der Waals surface area contributed by atoms with Gasteiger partial charge in [0.1, 0.15) is 17.1 Å². The number of aryl methyl sites for hydroxylation is 1. The maximum Gasteiger partial charge on any atom is 0.164 e. The van der Waals surface area contributed by atoms with E-state index in [-0.39, 0.29) is 47.9 Å². The molecule has 6 aromatic rings. The average Bonchev–Trinajstić information content (AvgIpc) is 3.73. The summed E-state index contributed by atoms with van der Waals surface area (Å²) in [7, 11) is 0. The number of pyridine rings is 1. The SMILES string of the molecule is CCC(C)(CC)C(=O)/C=C(\O)C(C)(CC)CC.Cc1cc2cccc(-c3cc4ccnc(-c5[c-]c6ccccc6c(C(C)(C)C)c5)c4s3)c2o1.[Ir]. The van der Waals surface area contributed by atoms with E-state index in [1.807, 2.05) is 54.7 Å². The molecule has 0 fully saturated rings. The van der Waals surface area contributed by atoms with Crippen LogP contribution in [0.5, 0.6) is 0 Å². The first-order valence-corrected chi connectivity index (χ1v) is 18.8. The van der Waals surface area contributed by atoms with Crippen molar-refractivity contribution in [3.05, 3.63) is 102 Å². The molecule has 0 aliphatic heterocycles. The first-order valence-electron chi connectivity index (χ1n) is 18.0. The van der Waals surface area contributed by atoms with Crippen molar-refractivity contribution < 1.29 is 34.4 Å². The van der Waals surface area contributed by atoms with Gasteiger partial charge in [0, 0.05) is 69.4 Å². The number of benzene rings is 3. The number of carbonyl (C=O) groups excluding carboxylic acids is 1. The number of fused-ring (bicyclic) bond motifs is 3. The molecule has 3 aromatic carbocycles. The van der Waals surface area contributed by atoms with E-state index in [0.717, 1.165) is 64.6 Å². The van der Waals surface area contributed by atoms with Crippen molar-refractivity contribution in [2.75, 3.05) is 0 Å². The number of aromatic nitrogens is 1. The number of hydrogen-bond donors (Lipinski definition) is 1. The van der Waals surface area contributed by atoms with Gasteiger partial charge in [-0.25, -0.2) is 0 Å². The van der Waals surface area contributed by atoms with E-state index in [2.05, 4.69) is 93.6 Å². The third-order valence-corrected chi connectivity index (χ3v) is 12.0. The minimum absolute atomic E-state index is 0. The van der Waals surface area contributed by atoms with E-state index in [9.17, 15) is 9.90 Å². The molecule has 0 unspecified atom stereocenters. The van der Waals surface area contributed by atoms with Crippen molar-refractivity contribution in [1.29, 1.82) is 0 Å². The molecule has 0 spiro atoms. The molecule has 1 N–H and O–H groups in total. The van der Waals surface area contributed by atoms with Gasteiger partial charge in [-0.1, -0.05) is 104 Å². The Morgan fingerprint density at radius 3 is 2.18 bits per heavy atom. The zero-order chi connectivity index (χ0) is 36.4. The van der Waals surface area contributed by atoms with Crippen molar-refractivity contribution in [2.24, 2.45) is 10.8 Å². The summed E-state index contributed by atoms with van der Waals surface area (Å²) < 4.78 is 7.23. The van der Waals surface area contributed by atoms with Crippen molar-refractivity contribution in [2.45, 2.75) is 100 Å². The number of aliphatic hydroxyl groups is 1. The van der Waals surface area contributed by atoms with Gasteiger partial charge in [0.25, 0.3) is 0 Å². The van der Waals surface area contributed by atoms with Crippen molar-refractivity contribution in [1.82, 2.24) is 4.98 Å². The summed E-state index contributed by atoms with van der Waals surface area (Å²) >= 11 is 1.77. The van der Waals surface area contributed by atoms with E-state index in [0.29, 0.717) is 0 Å². The van der Waals surface area contributed by atoms with E-state index < -0.39 is 0 Å². The monoisotopic (exact) mass is 879 g/mol. The molecule has 6 heteroatoms. The van der Waals surface area contributed by atoms with Gasteiger partial charge < -0.3 is 9.52 Å². The van der Waals surface area contributed by atoms with Crippen LogP contribution in [0.25, 0.3) is 53.5 Å². The van der Waals surface area contributed by atoms with Gasteiger partial charge in [0.15, 0.2) is 5.78 Å². The maximum absolute atomic E-state index is 12.2. The Morgan fingerprint density at radius 1 is 0.863 bits per heavy atom. The smallest absolute Gasteiger partial charge is 0.164 e. The molecule has 0 atom stereocenters. The average molecular weight is 879 g/mol. The molecule has 271 valence electrons. The molecule has 0 aliphatic rings. The molecular formula is C45H52IrNO3S-. The Kier molecular flexibility index (Phi) is 12.6. The zero-order valence-electron chi connectivity index (χ0n) is 31.8. The first-order chi connectivity index (χ1) is 23.7. The van der Waals surface area contributed by atoms with E-state index in [1.165, 1.54) is 32.0 Å². The Bertz CT molecular complexity index is 2170. The van der Waals surface area contributed by atoms with Crippen LogP contribution in [0.1, 0.15) is 99.3 Å². The fourth-order valence-electron chi connectivity index (χ4n) is 6.34. The molecular weight excluding hydrogens is 827 g/mol. The van der Waals surface area contributed by atoms with Crippen LogP contribution in [0.3, 0.4) is 0 Å². The molecule has 4 nitrogen and oxygen atoms in total. The minimum atomic E-state index is -0.337. The van der Waals surface area contributed by atoms with Crippen molar-refractivity contribution in [3.63, 3.8) is 0 Å². The van der Waals surface area contributed by atoms with Crippen LogP contribution in [0, 0.1) is 23.8 Å². The molecule has 6 rings (SSSR count). The molecule has 0 saturated heterocycles. The minimum Gasteiger partial charge on any atom is -0.512 e. The largest absolute Gasteiger partial charge is 0.512 e. The molecule has 3 aromatic heterocycles. The number of para-hydroxylation sites is 1. The van der Waals surface area contributed by atoms with Crippen LogP contribution in [-0.2, 0) is 30.3 Å². The Hall–Kier alpha value is -3.57. The summed E-state index contributed by atoms with van der Waals surface area (Å²) in [5.41, 5.74) is 4.85. The van der Waals surface area contributed by atoms with Crippen molar-refractivity contribution >= 4 is 48.9 Å². The normalized spacial score (nSPS) is 12.5. The van der Waals surface area contributed by atoms with Gasteiger partial charge >= 0.3 is 0 Å². The van der Waals surface area contributed by atoms with Gasteiger partial charge in [0.2, 0.25) is 0 Å². The Morgan fingerprint density at radius 2 is 1.53 bits per heavy atom. The number of carbonyl (C=O) groups is 1. The third-order valence-electron chi connectivity index (χ3n) is 10.8. The molecule has 0 aliphatic carbocycles. The molecule has 3 heterocycles. The maximum atomic E-state index is 12.2. The fourth-order valence-corrected chi connectivity index (χ4v) is 7.52. The molecule has 0 amide bonds. The van der Waals surface area contributed by atoms with Gasteiger partial charge in [-0.15, -0.1) is 40.5 Å². The first kappa shape index (κ1) is 40.2. The van der Waals surface area contributed by atoms with Gasteiger partial charge in [0.05, 0.1) is 0 Å². The number of furan rings is 1. The summed E-state index contributed by atoms with van der Waals surface area (Å²) in [6.45, 7) is 20.9. The number of ketones is 1. The standard InChI is InChI=1S/C30H24NOS.C15H28O2.Ir/c1-18-14-20-9-7-11-24(28(20)32-18)26-17-21-12-13-31-27(29(21)33-26)22-15-19-8-5-6-10-23(19)25(16-22)30(2,3)4;1-7-14(5,8-2)12(16)11-13(17)15(6,9-3)10-4;/h5-14,16-17H,1-4H3;11,16H,7-10H2,1-6H3;/q-1;;/b;12-11-;. The van der Waals surface area contributed by atoms with Crippen LogP contribution in [0.15, 0.2) is 89.2 Å². The number of hydrogen-bond acceptors (Lipinski definition) is 5. The number of rotatable bonds is 9. The van der Waals surface area contributed by atoms with E-state index in [4.69, 9.17) is 9.40 Å². The summed E-state index contributed by atoms with van der Waals surface area (Å²) in [4.78, 5) is 18.2. The van der Waals surface area contributed by atoms with E-state index >= 15 is 0 Å². The van der Waals surface area contributed by atoms with Gasteiger partial charge in [-0.3, -0.25) is 9.78 Å². The number of nitrogens with zero attached hydrogens (tertiary/aromatic N) is 1. The van der Waals surface area contributed by atoms with Crippen molar-refractivity contribution in [3.8, 4) is 21.7 Å². The third kappa shape index (κ3) is 8.25. The van der Waals surface area contributed by atoms with Gasteiger partial charge in [-0.05, 0) is 67.7 Å². The summed E-state index contributed by atoms with van der Waals surface area (Å²) in [5.74, 6) is 1.22. The summed E-state index contributed by atoms with van der Waals surface area (Å²) in [6, 6.07) is 27.2. The van der Waals surface area contributed by atoms with Crippen LogP contribution in [-0.4, -0.2) is 15.9 Å². The second-order valence-corrected chi connectivity index (χ2v) is 16.1. The van der Waals surface area contributed by atoms with Crippen LogP contribution in [0.4, 0.5) is 0 Å². The van der Waals surface area contributed by atoms with Crippen LogP contribution >= 0.6 is 11.3 Å². The molecule has 1 radical (unpaired) electrons. The van der Waals surface area contributed by atoms with Gasteiger partial charge in [-0.2, -0.15) is 0 Å². The Labute approximate surface area is 321 Å². The predicted octanol–water partition coefficient (Wildman–Crippen LogP) is 13.6.